The van der Waals surface area contributed by atoms with E-state index in [-0.39, 0.29) is 0 Å². The van der Waals surface area contributed by atoms with Crippen LogP contribution in [0.5, 0.6) is 0 Å². The van der Waals surface area contributed by atoms with Gasteiger partial charge in [0, 0.05) is 6.42 Å². The predicted octanol–water partition coefficient (Wildman–Crippen LogP) is 1.65. The Bertz CT molecular complexity index is 121. The van der Waals surface area contributed by atoms with Gasteiger partial charge in [0.2, 0.25) is 0 Å². The molecule has 52 valence electrons. The van der Waals surface area contributed by atoms with Crippen molar-refractivity contribution in [3.63, 3.8) is 0 Å². The predicted molar refractivity (Wildman–Crippen MR) is 44.0 cm³/mol. The molecule has 0 saturated carbocycles. The quantitative estimate of drug-likeness (QED) is 0.403. The fourth-order valence-corrected chi connectivity index (χ4v) is 0.852. The molecular weight excluding hydrogens is 110 g/mol. The molecule has 0 amide bonds. The number of hydrogen-bond acceptors (Lipinski definition) is 0. The van der Waals surface area contributed by atoms with Crippen molar-refractivity contribution in [1.82, 2.24) is 4.67 Å². The van der Waals surface area contributed by atoms with Gasteiger partial charge in [-0.2, -0.15) is 0 Å². The summed E-state index contributed by atoms with van der Waals surface area (Å²) < 4.78 is 3.94. The van der Waals surface area contributed by atoms with Gasteiger partial charge in [0.15, 0.2) is 0 Å². The number of hydrogen-bond donors (Lipinski definition) is 0. The first-order chi connectivity index (χ1) is 4.26. The summed E-state index contributed by atoms with van der Waals surface area (Å²) in [5.74, 6) is 0.618. The van der Waals surface area contributed by atoms with Crippen LogP contribution in [-0.2, 0) is 0 Å². The van der Waals surface area contributed by atoms with E-state index in [1.807, 2.05) is 0 Å². The van der Waals surface area contributed by atoms with Gasteiger partial charge in [0.25, 0.3) is 12.4 Å². The van der Waals surface area contributed by atoms with Gasteiger partial charge in [-0.25, -0.2) is 0 Å². The maximum atomic E-state index is 3.94. The second kappa shape index (κ2) is 4.34. The summed E-state index contributed by atoms with van der Waals surface area (Å²) in [5, 5.41) is 0. The molecule has 1 nitrogen and oxygen atoms in total. The summed E-state index contributed by atoms with van der Waals surface area (Å²) in [7, 11) is 0. The number of nitrogens with zero attached hydrogens (tertiary/aromatic N) is 1. The lowest BCUT2D eigenvalue weighted by Gasteiger charge is -1.97. The molecule has 0 fully saturated rings. The molecule has 9 heavy (non-hydrogen) atoms. The van der Waals surface area contributed by atoms with Crippen LogP contribution >= 0.6 is 0 Å². The van der Waals surface area contributed by atoms with E-state index < -0.39 is 0 Å². The fraction of sp³-hybridized carbons (Fsp3) is 0.750. The van der Waals surface area contributed by atoms with Crippen molar-refractivity contribution in [3.8, 4) is 0 Å². The first-order valence-electron chi connectivity index (χ1n) is 3.58. The minimum Gasteiger partial charge on any atom is -0.110 e. The molecule has 0 aliphatic carbocycles. The molecule has 0 spiro atoms. The molecule has 0 radical (unpaired) electrons. The SMILES string of the molecule is C=[N+]=C(CC)[C@@H](C)CC. The third-order valence-corrected chi connectivity index (χ3v) is 1.75. The zero-order chi connectivity index (χ0) is 7.28. The van der Waals surface area contributed by atoms with Gasteiger partial charge in [0.1, 0.15) is 0 Å². The fourth-order valence-electron chi connectivity index (χ4n) is 0.852. The lowest BCUT2D eigenvalue weighted by atomic mass is 10.0. The molecule has 0 heterocycles. The van der Waals surface area contributed by atoms with E-state index in [0.29, 0.717) is 5.92 Å². The van der Waals surface area contributed by atoms with Crippen molar-refractivity contribution >= 4 is 12.4 Å². The average molecular weight is 126 g/mol. The van der Waals surface area contributed by atoms with E-state index in [4.69, 9.17) is 0 Å². The minimum absolute atomic E-state index is 0.618. The Morgan fingerprint density at radius 3 is 2.22 bits per heavy atom. The molecule has 0 rings (SSSR count). The Kier molecular flexibility index (Phi) is 4.08. The van der Waals surface area contributed by atoms with E-state index in [1.165, 1.54) is 12.1 Å². The van der Waals surface area contributed by atoms with Crippen molar-refractivity contribution in [2.75, 3.05) is 0 Å². The van der Waals surface area contributed by atoms with Crippen LogP contribution in [0, 0.1) is 5.92 Å². The van der Waals surface area contributed by atoms with Gasteiger partial charge in [-0.3, -0.25) is 0 Å². The molecule has 0 aliphatic rings. The molecule has 0 bridgehead atoms. The standard InChI is InChI=1S/C8H16N/c1-5-7(3)8(6-2)9-4/h7H,4-6H2,1-3H3/q+1/t7-/m0/s1. The highest BCUT2D eigenvalue weighted by Gasteiger charge is 2.13. The van der Waals surface area contributed by atoms with Crippen molar-refractivity contribution in [2.45, 2.75) is 33.6 Å². The molecule has 1 atom stereocenters. The first-order valence-corrected chi connectivity index (χ1v) is 3.58. The summed E-state index contributed by atoms with van der Waals surface area (Å²) in [4.78, 5) is 0. The zero-order valence-corrected chi connectivity index (χ0v) is 6.65. The molecule has 0 aliphatic heterocycles. The third kappa shape index (κ3) is 2.48. The van der Waals surface area contributed by atoms with Crippen molar-refractivity contribution in [1.29, 1.82) is 0 Å². The Morgan fingerprint density at radius 1 is 1.56 bits per heavy atom. The van der Waals surface area contributed by atoms with Crippen LogP contribution in [-0.4, -0.2) is 12.4 Å². The lowest BCUT2D eigenvalue weighted by Crippen LogP contribution is -2.10. The van der Waals surface area contributed by atoms with Crippen molar-refractivity contribution in [2.24, 2.45) is 5.92 Å². The molecule has 0 N–H and O–H groups in total. The molecule has 0 unspecified atom stereocenters. The normalized spacial score (nSPS) is 12.3. The zero-order valence-electron chi connectivity index (χ0n) is 6.65. The number of rotatable bonds is 3. The highest BCUT2D eigenvalue weighted by Crippen LogP contribution is 2.03. The largest absolute Gasteiger partial charge is 0.282 e. The van der Waals surface area contributed by atoms with E-state index in [9.17, 15) is 0 Å². The second-order valence-electron chi connectivity index (χ2n) is 2.31. The Balaban J connectivity index is 3.96. The summed E-state index contributed by atoms with van der Waals surface area (Å²) in [6.45, 7) is 10.00. The van der Waals surface area contributed by atoms with E-state index >= 15 is 0 Å². The molecule has 0 saturated heterocycles. The van der Waals surface area contributed by atoms with Gasteiger partial charge >= 0.3 is 0 Å². The van der Waals surface area contributed by atoms with E-state index in [0.717, 1.165) is 6.42 Å². The van der Waals surface area contributed by atoms with Crippen LogP contribution in [0.3, 0.4) is 0 Å². The summed E-state index contributed by atoms with van der Waals surface area (Å²) >= 11 is 0. The maximum Gasteiger partial charge on any atom is 0.282 e. The van der Waals surface area contributed by atoms with Gasteiger partial charge in [-0.15, -0.1) is 4.67 Å². The van der Waals surface area contributed by atoms with Gasteiger partial charge in [0.05, 0.1) is 5.92 Å². The van der Waals surface area contributed by atoms with Crippen molar-refractivity contribution < 1.29 is 0 Å². The smallest absolute Gasteiger partial charge is 0.110 e. The van der Waals surface area contributed by atoms with Gasteiger partial charge in [-0.1, -0.05) is 20.8 Å². The summed E-state index contributed by atoms with van der Waals surface area (Å²) in [6.07, 6.45) is 2.21. The second-order valence-corrected chi connectivity index (χ2v) is 2.31. The van der Waals surface area contributed by atoms with E-state index in [2.05, 4.69) is 32.2 Å². The lowest BCUT2D eigenvalue weighted by molar-refractivity contribution is 0.725. The molecule has 0 aromatic rings. The molecule has 1 heteroatoms. The van der Waals surface area contributed by atoms with E-state index in [1.54, 1.807) is 0 Å². The molecule has 0 aromatic heterocycles. The monoisotopic (exact) mass is 126 g/mol. The topological polar surface area (TPSA) is 14.1 Å². The van der Waals surface area contributed by atoms with Crippen LogP contribution in [0.4, 0.5) is 0 Å². The third-order valence-electron chi connectivity index (χ3n) is 1.75. The van der Waals surface area contributed by atoms with Crippen LogP contribution in [0.15, 0.2) is 0 Å². The molecule has 0 aromatic carbocycles. The first kappa shape index (κ1) is 8.45. The van der Waals surface area contributed by atoms with Crippen LogP contribution < -0.4 is 4.67 Å². The minimum atomic E-state index is 0.618. The molecular formula is C8H16N+. The summed E-state index contributed by atoms with van der Waals surface area (Å²) in [6, 6.07) is 0. The van der Waals surface area contributed by atoms with Crippen LogP contribution in [0.1, 0.15) is 33.6 Å². The highest BCUT2D eigenvalue weighted by atomic mass is 14.5. The highest BCUT2D eigenvalue weighted by molar-refractivity contribution is 5.85. The Labute approximate surface area is 57.5 Å². The van der Waals surface area contributed by atoms with Crippen molar-refractivity contribution in [3.05, 3.63) is 0 Å². The Hall–Kier alpha value is -0.550. The van der Waals surface area contributed by atoms with Crippen LogP contribution in [0.25, 0.3) is 0 Å². The maximum absolute atomic E-state index is 3.94. The summed E-state index contributed by atoms with van der Waals surface area (Å²) in [5.41, 5.74) is 1.23. The van der Waals surface area contributed by atoms with Crippen LogP contribution in [0.2, 0.25) is 0 Å². The van der Waals surface area contributed by atoms with Gasteiger partial charge in [-0.05, 0) is 6.42 Å². The average Bonchev–Trinajstić information content (AvgIpc) is 1.90. The Morgan fingerprint density at radius 2 is 2.11 bits per heavy atom. The van der Waals surface area contributed by atoms with Gasteiger partial charge < -0.3 is 0 Å².